The van der Waals surface area contributed by atoms with E-state index >= 15 is 0 Å². The Morgan fingerprint density at radius 3 is 2.95 bits per heavy atom. The highest BCUT2D eigenvalue weighted by Gasteiger charge is 2.17. The quantitative estimate of drug-likeness (QED) is 0.345. The van der Waals surface area contributed by atoms with Gasteiger partial charge in [0, 0.05) is 7.05 Å². The van der Waals surface area contributed by atoms with E-state index in [1.165, 1.54) is 10.9 Å². The molecule has 2 heterocycles. The molecule has 0 saturated carbocycles. The minimum atomic E-state index is -0.340. The van der Waals surface area contributed by atoms with Crippen molar-refractivity contribution in [1.29, 1.82) is 0 Å². The molecule has 0 atom stereocenters. The van der Waals surface area contributed by atoms with Crippen LogP contribution in [0, 0.1) is 0 Å². The first kappa shape index (κ1) is 13.4. The van der Waals surface area contributed by atoms with Crippen molar-refractivity contribution in [3.05, 3.63) is 33.1 Å². The van der Waals surface area contributed by atoms with E-state index in [4.69, 9.17) is 22.5 Å². The average molecular weight is 300 g/mol. The van der Waals surface area contributed by atoms with E-state index in [-0.39, 0.29) is 11.7 Å². The highest BCUT2D eigenvalue weighted by Crippen LogP contribution is 2.23. The lowest BCUT2D eigenvalue weighted by atomic mass is 10.3. The van der Waals surface area contributed by atoms with Crippen molar-refractivity contribution in [2.45, 2.75) is 0 Å². The molecule has 0 unspecified atom stereocenters. The van der Waals surface area contributed by atoms with Crippen LogP contribution in [0.5, 0.6) is 0 Å². The summed E-state index contributed by atoms with van der Waals surface area (Å²) in [6, 6.07) is 3.25. The first-order valence-corrected chi connectivity index (χ1v) is 6.29. The van der Waals surface area contributed by atoms with Crippen LogP contribution >= 0.6 is 22.9 Å². The van der Waals surface area contributed by atoms with Gasteiger partial charge in [-0.15, -0.1) is 11.3 Å². The summed E-state index contributed by atoms with van der Waals surface area (Å²) in [6.07, 6.45) is 1.39. The van der Waals surface area contributed by atoms with Gasteiger partial charge in [0.15, 0.2) is 5.84 Å². The number of hydrogen-bond acceptors (Lipinski definition) is 5. The van der Waals surface area contributed by atoms with Gasteiger partial charge in [0.2, 0.25) is 0 Å². The lowest BCUT2D eigenvalue weighted by Crippen LogP contribution is -2.19. The van der Waals surface area contributed by atoms with Gasteiger partial charge in [0.25, 0.3) is 5.91 Å². The molecule has 0 bridgehead atoms. The summed E-state index contributed by atoms with van der Waals surface area (Å²) in [5, 5.41) is 18.2. The minimum Gasteiger partial charge on any atom is -0.409 e. The third kappa shape index (κ3) is 2.69. The third-order valence-corrected chi connectivity index (χ3v) is 3.58. The van der Waals surface area contributed by atoms with Crippen LogP contribution in [0.25, 0.3) is 0 Å². The second-order valence-corrected chi connectivity index (χ2v) is 5.29. The zero-order valence-corrected chi connectivity index (χ0v) is 11.4. The number of amidine groups is 1. The van der Waals surface area contributed by atoms with Crippen LogP contribution in [-0.4, -0.2) is 26.7 Å². The second kappa shape index (κ2) is 5.29. The summed E-state index contributed by atoms with van der Waals surface area (Å²) < 4.78 is 1.94. The van der Waals surface area contributed by atoms with Gasteiger partial charge in [-0.2, -0.15) is 5.10 Å². The maximum Gasteiger partial charge on any atom is 0.266 e. The van der Waals surface area contributed by atoms with E-state index in [1.54, 1.807) is 19.2 Å². The minimum absolute atomic E-state index is 0.132. The second-order valence-electron chi connectivity index (χ2n) is 3.57. The molecule has 0 spiro atoms. The molecule has 0 radical (unpaired) electrons. The number of hydrogen-bond donors (Lipinski definition) is 3. The lowest BCUT2D eigenvalue weighted by molar-refractivity contribution is 0.102. The summed E-state index contributed by atoms with van der Waals surface area (Å²) in [5.74, 6) is -0.134. The Hall–Kier alpha value is -2.06. The summed E-state index contributed by atoms with van der Waals surface area (Å²) >= 11 is 6.93. The zero-order chi connectivity index (χ0) is 14.0. The molecular weight excluding hydrogens is 290 g/mol. The molecule has 0 aromatic carbocycles. The number of nitrogens with zero attached hydrogens (tertiary/aromatic N) is 3. The van der Waals surface area contributed by atoms with Gasteiger partial charge in [-0.05, 0) is 12.1 Å². The predicted octanol–water partition coefficient (Wildman–Crippen LogP) is 1.48. The van der Waals surface area contributed by atoms with Crippen molar-refractivity contribution in [3.63, 3.8) is 0 Å². The first-order valence-electron chi connectivity index (χ1n) is 5.09. The van der Waals surface area contributed by atoms with E-state index in [0.29, 0.717) is 20.6 Å². The Morgan fingerprint density at radius 1 is 1.63 bits per heavy atom. The van der Waals surface area contributed by atoms with Crippen LogP contribution in [0.1, 0.15) is 15.2 Å². The van der Waals surface area contributed by atoms with E-state index in [0.717, 1.165) is 11.3 Å². The van der Waals surface area contributed by atoms with E-state index in [9.17, 15) is 4.79 Å². The van der Waals surface area contributed by atoms with Gasteiger partial charge in [-0.1, -0.05) is 16.8 Å². The van der Waals surface area contributed by atoms with Crippen LogP contribution < -0.4 is 11.1 Å². The Morgan fingerprint density at radius 2 is 2.37 bits per heavy atom. The smallest absolute Gasteiger partial charge is 0.266 e. The molecule has 0 aliphatic heterocycles. The summed E-state index contributed by atoms with van der Waals surface area (Å²) in [6.45, 7) is 0. The van der Waals surface area contributed by atoms with Crippen LogP contribution in [0.15, 0.2) is 23.5 Å². The third-order valence-electron chi connectivity index (χ3n) is 2.35. The molecule has 2 aromatic heterocycles. The van der Waals surface area contributed by atoms with Crippen LogP contribution in [-0.2, 0) is 7.05 Å². The van der Waals surface area contributed by atoms with Gasteiger partial charge >= 0.3 is 0 Å². The fraction of sp³-hybridized carbons (Fsp3) is 0.100. The summed E-state index contributed by atoms with van der Waals surface area (Å²) in [7, 11) is 1.63. The van der Waals surface area contributed by atoms with Crippen LogP contribution in [0.3, 0.4) is 0 Å². The number of aryl methyl sites for hydroxylation is 1. The number of nitrogens with one attached hydrogen (secondary N) is 1. The van der Waals surface area contributed by atoms with Gasteiger partial charge in [0.05, 0.1) is 21.0 Å². The molecule has 0 saturated heterocycles. The Balaban J connectivity index is 2.29. The monoisotopic (exact) mass is 299 g/mol. The fourth-order valence-corrected chi connectivity index (χ4v) is 2.37. The number of carbonyl (C=O) groups is 1. The van der Waals surface area contributed by atoms with Gasteiger partial charge in [-0.3, -0.25) is 9.48 Å². The van der Waals surface area contributed by atoms with Crippen molar-refractivity contribution < 1.29 is 10.0 Å². The molecular formula is C10H10ClN5O2S. The van der Waals surface area contributed by atoms with E-state index in [1.807, 2.05) is 0 Å². The Bertz CT molecular complexity index is 648. The number of halogens is 1. The predicted molar refractivity (Wildman–Crippen MR) is 73.0 cm³/mol. The number of anilines is 1. The van der Waals surface area contributed by atoms with Crippen LogP contribution in [0.2, 0.25) is 4.34 Å². The van der Waals surface area contributed by atoms with E-state index in [2.05, 4.69) is 15.6 Å². The van der Waals surface area contributed by atoms with Crippen molar-refractivity contribution >= 4 is 40.5 Å². The molecule has 0 fully saturated rings. The lowest BCUT2D eigenvalue weighted by Gasteiger charge is -2.06. The van der Waals surface area contributed by atoms with Gasteiger partial charge in [0.1, 0.15) is 5.82 Å². The molecule has 0 aliphatic carbocycles. The summed E-state index contributed by atoms with van der Waals surface area (Å²) in [5.41, 5.74) is 5.84. The molecule has 0 aliphatic rings. The maximum atomic E-state index is 12.0. The SMILES string of the molecule is Cn1ncc(C(N)=NO)c1NC(=O)c1ccc(Cl)s1. The van der Waals surface area contributed by atoms with E-state index < -0.39 is 0 Å². The largest absolute Gasteiger partial charge is 0.409 e. The maximum absolute atomic E-state index is 12.0. The van der Waals surface area contributed by atoms with Crippen molar-refractivity contribution in [1.82, 2.24) is 9.78 Å². The molecule has 100 valence electrons. The highest BCUT2D eigenvalue weighted by molar-refractivity contribution is 7.18. The summed E-state index contributed by atoms with van der Waals surface area (Å²) in [4.78, 5) is 12.5. The standard InChI is InChI=1S/C10H10ClN5O2S/c1-16-9(5(4-13-16)8(12)15-18)14-10(17)6-2-3-7(11)19-6/h2-4,18H,1H3,(H2,12,15)(H,14,17). The molecule has 2 aromatic rings. The topological polar surface area (TPSA) is 106 Å². The number of nitrogens with two attached hydrogens (primary N) is 1. The van der Waals surface area contributed by atoms with Crippen molar-refractivity contribution in [2.24, 2.45) is 17.9 Å². The number of amides is 1. The molecule has 2 rings (SSSR count). The van der Waals surface area contributed by atoms with Gasteiger partial charge < -0.3 is 16.3 Å². The molecule has 19 heavy (non-hydrogen) atoms. The normalized spacial score (nSPS) is 11.6. The molecule has 4 N–H and O–H groups in total. The molecule has 7 nitrogen and oxygen atoms in total. The Kier molecular flexibility index (Phi) is 3.72. The zero-order valence-electron chi connectivity index (χ0n) is 9.79. The number of rotatable bonds is 3. The number of thiophene rings is 1. The number of aromatic nitrogens is 2. The molecule has 9 heteroatoms. The fourth-order valence-electron chi connectivity index (χ4n) is 1.43. The van der Waals surface area contributed by atoms with Gasteiger partial charge in [-0.25, -0.2) is 0 Å². The number of oxime groups is 1. The van der Waals surface area contributed by atoms with Crippen molar-refractivity contribution in [2.75, 3.05) is 5.32 Å². The first-order chi connectivity index (χ1) is 9.02. The van der Waals surface area contributed by atoms with Crippen LogP contribution in [0.4, 0.5) is 5.82 Å². The molecule has 1 amide bonds. The average Bonchev–Trinajstić information content (AvgIpc) is 2.96. The highest BCUT2D eigenvalue weighted by atomic mass is 35.5. The van der Waals surface area contributed by atoms with Crippen molar-refractivity contribution in [3.8, 4) is 0 Å². The number of carbonyl (C=O) groups excluding carboxylic acids is 1. The Labute approximate surface area is 117 Å².